The summed E-state index contributed by atoms with van der Waals surface area (Å²) in [5.74, 6) is 0.801. The standard InChI is InChI=1S/C13H12O/c1-3-7-12(8-4-1)11-14-13-9-5-2-6-10-13/h1-10H,11H2/i2D. The zero-order valence-corrected chi connectivity index (χ0v) is 7.81. The maximum Gasteiger partial charge on any atom is 0.119 e. The zero-order valence-electron chi connectivity index (χ0n) is 8.81. The van der Waals surface area contributed by atoms with Gasteiger partial charge in [-0.3, -0.25) is 0 Å². The first kappa shape index (κ1) is 7.63. The third-order valence-corrected chi connectivity index (χ3v) is 1.94. The zero-order chi connectivity index (χ0) is 10.5. The molecule has 0 amide bonds. The minimum Gasteiger partial charge on any atom is -0.489 e. The van der Waals surface area contributed by atoms with Crippen LogP contribution in [-0.4, -0.2) is 0 Å². The molecular formula is C13H12O. The number of hydrogen-bond acceptors (Lipinski definition) is 1. The summed E-state index contributed by atoms with van der Waals surface area (Å²) in [4.78, 5) is 0. The largest absolute Gasteiger partial charge is 0.489 e. The van der Waals surface area contributed by atoms with E-state index in [4.69, 9.17) is 6.11 Å². The van der Waals surface area contributed by atoms with Crippen LogP contribution in [-0.2, 0) is 6.61 Å². The first-order valence-electron chi connectivity index (χ1n) is 5.08. The molecule has 0 unspecified atom stereocenters. The molecule has 0 saturated carbocycles. The Balaban J connectivity index is 1.96. The summed E-state index contributed by atoms with van der Waals surface area (Å²) >= 11 is 0. The molecule has 0 bridgehead atoms. The quantitative estimate of drug-likeness (QED) is 0.713. The Hall–Kier alpha value is -1.76. The van der Waals surface area contributed by atoms with Crippen LogP contribution in [0.15, 0.2) is 60.6 Å². The number of para-hydroxylation sites is 1. The monoisotopic (exact) mass is 185 g/mol. The Morgan fingerprint density at radius 1 is 0.929 bits per heavy atom. The first-order valence-corrected chi connectivity index (χ1v) is 4.58. The van der Waals surface area contributed by atoms with Gasteiger partial charge >= 0.3 is 0 Å². The van der Waals surface area contributed by atoms with Gasteiger partial charge < -0.3 is 4.74 Å². The molecule has 2 rings (SSSR count). The minimum absolute atomic E-state index is 0.502. The van der Waals surface area contributed by atoms with Crippen molar-refractivity contribution in [3.63, 3.8) is 0 Å². The molecule has 0 aliphatic rings. The van der Waals surface area contributed by atoms with Crippen LogP contribution >= 0.6 is 0 Å². The highest BCUT2D eigenvalue weighted by Gasteiger charge is 1.92. The highest BCUT2D eigenvalue weighted by Crippen LogP contribution is 2.10. The highest BCUT2D eigenvalue weighted by molar-refractivity contribution is 5.22. The summed E-state index contributed by atoms with van der Waals surface area (Å²) < 4.78 is 12.9. The Kier molecular flexibility index (Phi) is 2.43. The molecule has 1 nitrogen and oxygen atoms in total. The molecule has 0 atom stereocenters. The molecule has 0 aliphatic heterocycles. The smallest absolute Gasteiger partial charge is 0.119 e. The first-order chi connectivity index (χ1) is 7.34. The van der Waals surface area contributed by atoms with E-state index in [1.807, 2.05) is 42.5 Å². The van der Waals surface area contributed by atoms with Crippen LogP contribution in [0.3, 0.4) is 0 Å². The molecule has 0 spiro atoms. The Morgan fingerprint density at radius 2 is 1.64 bits per heavy atom. The Labute approximate surface area is 85.4 Å². The van der Waals surface area contributed by atoms with E-state index in [1.54, 1.807) is 12.1 Å². The van der Waals surface area contributed by atoms with Crippen LogP contribution < -0.4 is 4.74 Å². The molecule has 0 radical (unpaired) electrons. The van der Waals surface area contributed by atoms with Gasteiger partial charge in [-0.15, -0.1) is 0 Å². The van der Waals surface area contributed by atoms with E-state index in [9.17, 15) is 0 Å². The van der Waals surface area contributed by atoms with Crippen LogP contribution in [0.5, 0.6) is 5.75 Å². The Morgan fingerprint density at radius 3 is 2.36 bits per heavy atom. The topological polar surface area (TPSA) is 9.23 Å². The number of rotatable bonds is 3. The van der Waals surface area contributed by atoms with Gasteiger partial charge in [0.2, 0.25) is 0 Å². The summed E-state index contributed by atoms with van der Waals surface area (Å²) in [5.41, 5.74) is 1.15. The van der Waals surface area contributed by atoms with Gasteiger partial charge in [-0.05, 0) is 17.7 Å². The SMILES string of the molecule is [2H]c1ccc(OCc2ccccc2)cc1. The molecule has 1 heteroatoms. The average molecular weight is 185 g/mol. The highest BCUT2D eigenvalue weighted by atomic mass is 16.5. The van der Waals surface area contributed by atoms with Crippen LogP contribution in [0, 0.1) is 0 Å². The summed E-state index contributed by atoms with van der Waals surface area (Å²) in [6.07, 6.45) is 0. The van der Waals surface area contributed by atoms with Gasteiger partial charge in [-0.25, -0.2) is 0 Å². The summed E-state index contributed by atoms with van der Waals surface area (Å²) in [6, 6.07) is 17.6. The fourth-order valence-electron chi connectivity index (χ4n) is 1.21. The lowest BCUT2D eigenvalue weighted by Gasteiger charge is -2.05. The lowest BCUT2D eigenvalue weighted by atomic mass is 10.2. The van der Waals surface area contributed by atoms with E-state index in [0.717, 1.165) is 11.3 Å². The van der Waals surface area contributed by atoms with Gasteiger partial charge in [-0.1, -0.05) is 48.5 Å². The van der Waals surface area contributed by atoms with E-state index in [1.165, 1.54) is 0 Å². The summed E-state index contributed by atoms with van der Waals surface area (Å²) in [5, 5.41) is 0. The molecule has 2 aromatic rings. The molecule has 0 fully saturated rings. The molecule has 0 heterocycles. The molecular weight excluding hydrogens is 172 g/mol. The van der Waals surface area contributed by atoms with Crippen molar-refractivity contribution in [2.45, 2.75) is 6.61 Å². The molecule has 0 aliphatic carbocycles. The normalized spacial score (nSPS) is 10.7. The van der Waals surface area contributed by atoms with Gasteiger partial charge in [-0.2, -0.15) is 0 Å². The number of benzene rings is 2. The maximum atomic E-state index is 7.33. The minimum atomic E-state index is 0.502. The molecule has 0 N–H and O–H groups in total. The second-order valence-electron chi connectivity index (χ2n) is 3.01. The maximum absolute atomic E-state index is 7.33. The lowest BCUT2D eigenvalue weighted by Crippen LogP contribution is -1.94. The Bertz CT molecular complexity index is 408. The molecule has 14 heavy (non-hydrogen) atoms. The van der Waals surface area contributed by atoms with Gasteiger partial charge in [0.1, 0.15) is 12.4 Å². The van der Waals surface area contributed by atoms with Crippen molar-refractivity contribution in [1.82, 2.24) is 0 Å². The fraction of sp³-hybridized carbons (Fsp3) is 0.0769. The van der Waals surface area contributed by atoms with Crippen LogP contribution in [0.4, 0.5) is 0 Å². The second-order valence-corrected chi connectivity index (χ2v) is 3.01. The summed E-state index contributed by atoms with van der Waals surface area (Å²) in [7, 11) is 0. The van der Waals surface area contributed by atoms with Crippen molar-refractivity contribution >= 4 is 0 Å². The van der Waals surface area contributed by atoms with Gasteiger partial charge in [0.05, 0.1) is 1.37 Å². The predicted octanol–water partition coefficient (Wildman–Crippen LogP) is 3.27. The second kappa shape index (κ2) is 4.47. The predicted molar refractivity (Wildman–Crippen MR) is 57.2 cm³/mol. The van der Waals surface area contributed by atoms with Crippen molar-refractivity contribution in [2.75, 3.05) is 0 Å². The third kappa shape index (κ3) is 2.36. The van der Waals surface area contributed by atoms with Gasteiger partial charge in [0.15, 0.2) is 0 Å². The van der Waals surface area contributed by atoms with E-state index in [-0.39, 0.29) is 0 Å². The van der Waals surface area contributed by atoms with Gasteiger partial charge in [0.25, 0.3) is 0 Å². The average Bonchev–Trinajstić information content (AvgIpc) is 2.30. The molecule has 70 valence electrons. The van der Waals surface area contributed by atoms with Crippen LogP contribution in [0.2, 0.25) is 0 Å². The number of hydrogen-bond donors (Lipinski definition) is 0. The van der Waals surface area contributed by atoms with E-state index in [2.05, 4.69) is 0 Å². The summed E-state index contributed by atoms with van der Waals surface area (Å²) in [6.45, 7) is 0.568. The third-order valence-electron chi connectivity index (χ3n) is 1.94. The van der Waals surface area contributed by atoms with Crippen molar-refractivity contribution in [2.24, 2.45) is 0 Å². The molecule has 2 aromatic carbocycles. The van der Waals surface area contributed by atoms with E-state index in [0.29, 0.717) is 12.6 Å². The van der Waals surface area contributed by atoms with Crippen molar-refractivity contribution in [3.05, 3.63) is 66.2 Å². The van der Waals surface area contributed by atoms with E-state index < -0.39 is 0 Å². The van der Waals surface area contributed by atoms with Crippen molar-refractivity contribution < 1.29 is 6.11 Å². The van der Waals surface area contributed by atoms with Crippen molar-refractivity contribution in [1.29, 1.82) is 0 Å². The van der Waals surface area contributed by atoms with E-state index >= 15 is 0 Å². The molecule has 0 aromatic heterocycles. The lowest BCUT2D eigenvalue weighted by molar-refractivity contribution is 0.306. The van der Waals surface area contributed by atoms with Crippen molar-refractivity contribution in [3.8, 4) is 5.75 Å². The molecule has 0 saturated heterocycles. The van der Waals surface area contributed by atoms with Crippen LogP contribution in [0.25, 0.3) is 0 Å². The fourth-order valence-corrected chi connectivity index (χ4v) is 1.21. The van der Waals surface area contributed by atoms with Gasteiger partial charge in [0, 0.05) is 0 Å². The number of ether oxygens (including phenoxy) is 1. The van der Waals surface area contributed by atoms with Crippen LogP contribution in [0.1, 0.15) is 6.93 Å².